The van der Waals surface area contributed by atoms with E-state index in [1.807, 2.05) is 37.3 Å². The van der Waals surface area contributed by atoms with Crippen molar-refractivity contribution in [2.45, 2.75) is 38.6 Å². The standard InChI is InChI=1S/C14H20O3/c1-12(14(16-2)9-6-10-15)17-11-13-7-4-3-5-8-13/h3-5,7-8,10,12,14H,6,9,11H2,1-2H3/t12-,14-/m0/s1. The SMILES string of the molecule is CO[C@@H](CCC=O)[C@H](C)OCc1ccccc1. The second kappa shape index (κ2) is 7.98. The van der Waals surface area contributed by atoms with Gasteiger partial charge in [0.05, 0.1) is 18.8 Å². The van der Waals surface area contributed by atoms with Crippen molar-refractivity contribution in [1.82, 2.24) is 0 Å². The van der Waals surface area contributed by atoms with Gasteiger partial charge in [0, 0.05) is 13.5 Å². The van der Waals surface area contributed by atoms with Crippen molar-refractivity contribution in [3.63, 3.8) is 0 Å². The van der Waals surface area contributed by atoms with E-state index in [0.717, 1.165) is 11.8 Å². The molecule has 0 radical (unpaired) electrons. The summed E-state index contributed by atoms with van der Waals surface area (Å²) in [4.78, 5) is 10.3. The van der Waals surface area contributed by atoms with Gasteiger partial charge in [0.2, 0.25) is 0 Å². The molecule has 0 saturated heterocycles. The van der Waals surface area contributed by atoms with Gasteiger partial charge in [-0.15, -0.1) is 0 Å². The minimum absolute atomic E-state index is 0.0137. The van der Waals surface area contributed by atoms with Crippen LogP contribution < -0.4 is 0 Å². The second-order valence-corrected chi connectivity index (χ2v) is 4.02. The molecule has 0 spiro atoms. The molecule has 0 aromatic heterocycles. The number of carbonyl (C=O) groups excluding carboxylic acids is 1. The molecule has 1 rings (SSSR count). The van der Waals surface area contributed by atoms with E-state index in [2.05, 4.69) is 0 Å². The number of hydrogen-bond donors (Lipinski definition) is 0. The normalized spacial score (nSPS) is 14.2. The summed E-state index contributed by atoms with van der Waals surface area (Å²) in [5.74, 6) is 0. The van der Waals surface area contributed by atoms with Crippen molar-refractivity contribution in [1.29, 1.82) is 0 Å². The molecule has 0 fully saturated rings. The molecule has 0 saturated carbocycles. The van der Waals surface area contributed by atoms with Crippen LogP contribution in [-0.2, 0) is 20.9 Å². The fraction of sp³-hybridized carbons (Fsp3) is 0.500. The largest absolute Gasteiger partial charge is 0.379 e. The van der Waals surface area contributed by atoms with Crippen LogP contribution in [0.2, 0.25) is 0 Å². The molecule has 0 aliphatic heterocycles. The lowest BCUT2D eigenvalue weighted by Crippen LogP contribution is -2.28. The third-order valence-corrected chi connectivity index (χ3v) is 2.75. The Bertz CT molecular complexity index is 311. The van der Waals surface area contributed by atoms with Crippen molar-refractivity contribution < 1.29 is 14.3 Å². The monoisotopic (exact) mass is 236 g/mol. The predicted octanol–water partition coefficient (Wildman–Crippen LogP) is 2.59. The van der Waals surface area contributed by atoms with E-state index in [-0.39, 0.29) is 12.2 Å². The smallest absolute Gasteiger partial charge is 0.120 e. The summed E-state index contributed by atoms with van der Waals surface area (Å²) in [5, 5.41) is 0. The second-order valence-electron chi connectivity index (χ2n) is 4.02. The number of aldehydes is 1. The average molecular weight is 236 g/mol. The molecule has 0 amide bonds. The van der Waals surface area contributed by atoms with E-state index in [0.29, 0.717) is 19.4 Å². The van der Waals surface area contributed by atoms with Crippen molar-refractivity contribution in [3.8, 4) is 0 Å². The van der Waals surface area contributed by atoms with Crippen LogP contribution in [0, 0.1) is 0 Å². The third kappa shape index (κ3) is 5.11. The molecule has 94 valence electrons. The lowest BCUT2D eigenvalue weighted by molar-refractivity contribution is -0.109. The average Bonchev–Trinajstić information content (AvgIpc) is 2.38. The minimum atomic E-state index is -0.0242. The van der Waals surface area contributed by atoms with Gasteiger partial charge in [-0.3, -0.25) is 0 Å². The molecule has 3 heteroatoms. The number of rotatable bonds is 8. The Morgan fingerprint density at radius 1 is 1.29 bits per heavy atom. The molecule has 17 heavy (non-hydrogen) atoms. The lowest BCUT2D eigenvalue weighted by atomic mass is 10.1. The van der Waals surface area contributed by atoms with E-state index >= 15 is 0 Å². The van der Waals surface area contributed by atoms with Crippen LogP contribution in [0.3, 0.4) is 0 Å². The minimum Gasteiger partial charge on any atom is -0.379 e. The summed E-state index contributed by atoms with van der Waals surface area (Å²) in [6, 6.07) is 10.0. The highest BCUT2D eigenvalue weighted by Crippen LogP contribution is 2.11. The molecule has 1 aromatic carbocycles. The highest BCUT2D eigenvalue weighted by atomic mass is 16.5. The van der Waals surface area contributed by atoms with Crippen LogP contribution in [0.25, 0.3) is 0 Å². The van der Waals surface area contributed by atoms with E-state index in [1.54, 1.807) is 7.11 Å². The quantitative estimate of drug-likeness (QED) is 0.651. The summed E-state index contributed by atoms with van der Waals surface area (Å²) in [6.07, 6.45) is 2.09. The molecular weight excluding hydrogens is 216 g/mol. The summed E-state index contributed by atoms with van der Waals surface area (Å²) in [7, 11) is 1.65. The van der Waals surface area contributed by atoms with Gasteiger partial charge in [-0.2, -0.15) is 0 Å². The van der Waals surface area contributed by atoms with Crippen LogP contribution in [-0.4, -0.2) is 25.6 Å². The molecular formula is C14H20O3. The van der Waals surface area contributed by atoms with Gasteiger partial charge >= 0.3 is 0 Å². The zero-order valence-corrected chi connectivity index (χ0v) is 10.5. The number of benzene rings is 1. The van der Waals surface area contributed by atoms with Crippen molar-refractivity contribution in [2.24, 2.45) is 0 Å². The summed E-state index contributed by atoms with van der Waals surface area (Å²) in [5.41, 5.74) is 1.14. The fourth-order valence-corrected chi connectivity index (χ4v) is 1.69. The van der Waals surface area contributed by atoms with E-state index < -0.39 is 0 Å². The van der Waals surface area contributed by atoms with Gasteiger partial charge in [-0.25, -0.2) is 0 Å². The molecule has 0 aliphatic carbocycles. The molecule has 0 aliphatic rings. The molecule has 0 heterocycles. The Kier molecular flexibility index (Phi) is 6.51. The molecule has 1 aromatic rings. The molecule has 2 atom stereocenters. The first-order chi connectivity index (χ1) is 8.27. The third-order valence-electron chi connectivity index (χ3n) is 2.75. The Hall–Kier alpha value is -1.19. The zero-order valence-electron chi connectivity index (χ0n) is 10.5. The van der Waals surface area contributed by atoms with E-state index in [4.69, 9.17) is 9.47 Å². The van der Waals surface area contributed by atoms with Gasteiger partial charge < -0.3 is 14.3 Å². The van der Waals surface area contributed by atoms with Crippen molar-refractivity contribution in [2.75, 3.05) is 7.11 Å². The van der Waals surface area contributed by atoms with Gasteiger partial charge in [0.1, 0.15) is 6.29 Å². The summed E-state index contributed by atoms with van der Waals surface area (Å²) < 4.78 is 11.1. The lowest BCUT2D eigenvalue weighted by Gasteiger charge is -2.22. The van der Waals surface area contributed by atoms with Crippen LogP contribution in [0.15, 0.2) is 30.3 Å². The molecule has 0 bridgehead atoms. The highest BCUT2D eigenvalue weighted by molar-refractivity contribution is 5.49. The molecule has 3 nitrogen and oxygen atoms in total. The van der Waals surface area contributed by atoms with Crippen molar-refractivity contribution in [3.05, 3.63) is 35.9 Å². The van der Waals surface area contributed by atoms with E-state index in [1.165, 1.54) is 0 Å². The maximum absolute atomic E-state index is 10.3. The van der Waals surface area contributed by atoms with Gasteiger partial charge in [-0.1, -0.05) is 30.3 Å². The van der Waals surface area contributed by atoms with E-state index in [9.17, 15) is 4.79 Å². The Balaban J connectivity index is 2.36. The number of carbonyl (C=O) groups is 1. The zero-order chi connectivity index (χ0) is 12.5. The number of hydrogen-bond acceptors (Lipinski definition) is 3. The highest BCUT2D eigenvalue weighted by Gasteiger charge is 2.16. The summed E-state index contributed by atoms with van der Waals surface area (Å²) >= 11 is 0. The first-order valence-electron chi connectivity index (χ1n) is 5.90. The molecule has 0 unspecified atom stereocenters. The maximum atomic E-state index is 10.3. The van der Waals surface area contributed by atoms with Crippen LogP contribution in [0.5, 0.6) is 0 Å². The predicted molar refractivity (Wildman–Crippen MR) is 66.8 cm³/mol. The fourth-order valence-electron chi connectivity index (χ4n) is 1.69. The first kappa shape index (κ1) is 13.9. The topological polar surface area (TPSA) is 35.5 Å². The Morgan fingerprint density at radius 3 is 2.59 bits per heavy atom. The van der Waals surface area contributed by atoms with Gasteiger partial charge in [0.15, 0.2) is 0 Å². The maximum Gasteiger partial charge on any atom is 0.120 e. The van der Waals surface area contributed by atoms with Crippen LogP contribution in [0.1, 0.15) is 25.3 Å². The number of ether oxygens (including phenoxy) is 2. The van der Waals surface area contributed by atoms with Crippen LogP contribution in [0.4, 0.5) is 0 Å². The molecule has 0 N–H and O–H groups in total. The van der Waals surface area contributed by atoms with Crippen LogP contribution >= 0.6 is 0 Å². The first-order valence-corrected chi connectivity index (χ1v) is 5.90. The number of methoxy groups -OCH3 is 1. The van der Waals surface area contributed by atoms with Gasteiger partial charge in [-0.05, 0) is 18.9 Å². The summed E-state index contributed by atoms with van der Waals surface area (Å²) in [6.45, 7) is 2.55. The Morgan fingerprint density at radius 2 is 2.00 bits per heavy atom. The van der Waals surface area contributed by atoms with Crippen molar-refractivity contribution >= 4 is 6.29 Å². The van der Waals surface area contributed by atoms with Gasteiger partial charge in [0.25, 0.3) is 0 Å². The Labute approximate surface area is 103 Å².